The Balaban J connectivity index is 1.35. The van der Waals surface area contributed by atoms with Gasteiger partial charge in [-0.3, -0.25) is 10.1 Å². The molecule has 154 valence electrons. The summed E-state index contributed by atoms with van der Waals surface area (Å²) in [5.74, 6) is 1.23. The Labute approximate surface area is 176 Å². The van der Waals surface area contributed by atoms with Crippen LogP contribution < -0.4 is 14.8 Å². The van der Waals surface area contributed by atoms with Crippen LogP contribution in [0.15, 0.2) is 48.5 Å². The fourth-order valence-electron chi connectivity index (χ4n) is 2.93. The van der Waals surface area contributed by atoms with E-state index in [2.05, 4.69) is 17.2 Å². The predicted octanol–water partition coefficient (Wildman–Crippen LogP) is 6.05. The minimum absolute atomic E-state index is 0.0616. The number of rotatable bonds is 12. The Kier molecular flexibility index (Phi) is 8.31. The van der Waals surface area contributed by atoms with Crippen LogP contribution >= 0.6 is 11.3 Å². The fraction of sp³-hybridized carbons (Fsp3) is 0.391. The number of thiazole rings is 1. The maximum Gasteiger partial charge on any atom is 0.264 e. The number of ether oxygens (including phenoxy) is 2. The summed E-state index contributed by atoms with van der Waals surface area (Å²) >= 11 is 1.45. The van der Waals surface area contributed by atoms with Crippen LogP contribution in [-0.4, -0.2) is 24.1 Å². The minimum Gasteiger partial charge on any atom is -0.494 e. The molecule has 0 aliphatic rings. The molecule has 3 aromatic rings. The first-order valence-corrected chi connectivity index (χ1v) is 11.1. The summed E-state index contributed by atoms with van der Waals surface area (Å²) in [7, 11) is 0. The molecule has 5 nitrogen and oxygen atoms in total. The topological polar surface area (TPSA) is 60.5 Å². The van der Waals surface area contributed by atoms with Gasteiger partial charge < -0.3 is 9.47 Å². The fourth-order valence-corrected chi connectivity index (χ4v) is 3.82. The molecular formula is C23H28N2O3S. The van der Waals surface area contributed by atoms with E-state index in [0.717, 1.165) is 29.0 Å². The number of amides is 1. The highest BCUT2D eigenvalue weighted by Crippen LogP contribution is 2.25. The minimum atomic E-state index is -0.229. The lowest BCUT2D eigenvalue weighted by atomic mass is 10.1. The number of carbonyl (C=O) groups excluding carboxylic acids is 1. The van der Waals surface area contributed by atoms with Crippen LogP contribution in [0.3, 0.4) is 0 Å². The Morgan fingerprint density at radius 1 is 0.931 bits per heavy atom. The van der Waals surface area contributed by atoms with Crippen molar-refractivity contribution in [3.8, 4) is 11.5 Å². The second kappa shape index (κ2) is 11.4. The van der Waals surface area contributed by atoms with Gasteiger partial charge in [-0.1, -0.05) is 62.5 Å². The van der Waals surface area contributed by atoms with Crippen molar-refractivity contribution in [3.63, 3.8) is 0 Å². The molecule has 1 amide bonds. The quantitative estimate of drug-likeness (QED) is 0.368. The van der Waals surface area contributed by atoms with E-state index < -0.39 is 0 Å². The zero-order chi connectivity index (χ0) is 20.3. The molecule has 0 aliphatic heterocycles. The molecule has 29 heavy (non-hydrogen) atoms. The zero-order valence-electron chi connectivity index (χ0n) is 16.9. The van der Waals surface area contributed by atoms with E-state index in [1.165, 1.54) is 43.4 Å². The number of nitrogens with zero attached hydrogens (tertiary/aromatic N) is 1. The van der Waals surface area contributed by atoms with Crippen molar-refractivity contribution in [1.29, 1.82) is 0 Å². The molecule has 2 aromatic carbocycles. The first kappa shape index (κ1) is 21.1. The molecule has 0 radical (unpaired) electrons. The van der Waals surface area contributed by atoms with Crippen molar-refractivity contribution >= 4 is 32.6 Å². The van der Waals surface area contributed by atoms with Gasteiger partial charge in [0.05, 0.1) is 16.8 Å². The molecule has 0 atom stereocenters. The van der Waals surface area contributed by atoms with E-state index in [0.29, 0.717) is 10.9 Å². The second-order valence-corrected chi connectivity index (χ2v) is 7.94. The number of benzene rings is 2. The third-order valence-electron chi connectivity index (χ3n) is 4.50. The number of carbonyl (C=O) groups is 1. The Morgan fingerprint density at radius 3 is 2.38 bits per heavy atom. The molecule has 1 N–H and O–H groups in total. The van der Waals surface area contributed by atoms with Crippen LogP contribution in [0, 0.1) is 0 Å². The Morgan fingerprint density at radius 2 is 1.62 bits per heavy atom. The molecule has 1 aromatic heterocycles. The van der Waals surface area contributed by atoms with Gasteiger partial charge in [0, 0.05) is 0 Å². The number of hydrogen-bond donors (Lipinski definition) is 1. The highest BCUT2D eigenvalue weighted by molar-refractivity contribution is 7.22. The molecule has 0 bridgehead atoms. The van der Waals surface area contributed by atoms with Gasteiger partial charge in [-0.25, -0.2) is 4.98 Å². The van der Waals surface area contributed by atoms with Crippen LogP contribution in [0.1, 0.15) is 45.4 Å². The lowest BCUT2D eigenvalue weighted by molar-refractivity contribution is -0.118. The van der Waals surface area contributed by atoms with Crippen LogP contribution in [-0.2, 0) is 4.79 Å². The first-order chi connectivity index (χ1) is 14.2. The van der Waals surface area contributed by atoms with Crippen LogP contribution in [0.25, 0.3) is 10.2 Å². The molecule has 6 heteroatoms. The van der Waals surface area contributed by atoms with Gasteiger partial charge in [0.1, 0.15) is 11.5 Å². The monoisotopic (exact) mass is 412 g/mol. The van der Waals surface area contributed by atoms with E-state index in [1.54, 1.807) is 0 Å². The smallest absolute Gasteiger partial charge is 0.264 e. The number of unbranched alkanes of at least 4 members (excludes halogenated alkanes) is 5. The largest absolute Gasteiger partial charge is 0.494 e. The summed E-state index contributed by atoms with van der Waals surface area (Å²) in [6.45, 7) is 2.90. The number of anilines is 1. The molecule has 0 aliphatic carbocycles. The Bertz CT molecular complexity index is 860. The summed E-state index contributed by atoms with van der Waals surface area (Å²) in [5.41, 5.74) is 0.880. The highest BCUT2D eigenvalue weighted by atomic mass is 32.1. The van der Waals surface area contributed by atoms with Crippen molar-refractivity contribution in [1.82, 2.24) is 4.98 Å². The summed E-state index contributed by atoms with van der Waals surface area (Å²) in [5, 5.41) is 3.37. The van der Waals surface area contributed by atoms with E-state index in [-0.39, 0.29) is 12.5 Å². The third kappa shape index (κ3) is 7.06. The average molecular weight is 413 g/mol. The maximum absolute atomic E-state index is 12.1. The number of para-hydroxylation sites is 1. The van der Waals surface area contributed by atoms with Crippen molar-refractivity contribution in [2.45, 2.75) is 45.4 Å². The Hall–Kier alpha value is -2.60. The molecule has 3 rings (SSSR count). The normalized spacial score (nSPS) is 10.8. The molecule has 0 saturated heterocycles. The molecular weight excluding hydrogens is 384 g/mol. The molecule has 0 saturated carbocycles. The SMILES string of the molecule is CCCCCCCCOc1ccc(OCC(=O)Nc2nc3ccccc3s2)cc1. The molecule has 1 heterocycles. The molecule has 0 unspecified atom stereocenters. The number of nitrogens with one attached hydrogen (secondary N) is 1. The van der Waals surface area contributed by atoms with Crippen molar-refractivity contribution in [2.24, 2.45) is 0 Å². The molecule has 0 fully saturated rings. The van der Waals surface area contributed by atoms with Crippen LogP contribution in [0.4, 0.5) is 5.13 Å². The summed E-state index contributed by atoms with van der Waals surface area (Å²) in [6, 6.07) is 15.2. The van der Waals surface area contributed by atoms with Crippen molar-refractivity contribution < 1.29 is 14.3 Å². The van der Waals surface area contributed by atoms with E-state index in [1.807, 2.05) is 48.5 Å². The summed E-state index contributed by atoms with van der Waals surface area (Å²) < 4.78 is 12.4. The number of aromatic nitrogens is 1. The highest BCUT2D eigenvalue weighted by Gasteiger charge is 2.08. The van der Waals surface area contributed by atoms with Crippen molar-refractivity contribution in [3.05, 3.63) is 48.5 Å². The molecule has 0 spiro atoms. The lowest BCUT2D eigenvalue weighted by Gasteiger charge is -2.08. The third-order valence-corrected chi connectivity index (χ3v) is 5.45. The predicted molar refractivity (Wildman–Crippen MR) is 119 cm³/mol. The second-order valence-electron chi connectivity index (χ2n) is 6.91. The lowest BCUT2D eigenvalue weighted by Crippen LogP contribution is -2.19. The van der Waals surface area contributed by atoms with Gasteiger partial charge in [-0.15, -0.1) is 0 Å². The van der Waals surface area contributed by atoms with Gasteiger partial charge in [-0.2, -0.15) is 0 Å². The van der Waals surface area contributed by atoms with Crippen LogP contribution in [0.5, 0.6) is 11.5 Å². The van der Waals surface area contributed by atoms with Gasteiger partial charge >= 0.3 is 0 Å². The van der Waals surface area contributed by atoms with Crippen LogP contribution in [0.2, 0.25) is 0 Å². The van der Waals surface area contributed by atoms with Gasteiger partial charge in [0.2, 0.25) is 0 Å². The van der Waals surface area contributed by atoms with E-state index in [9.17, 15) is 4.79 Å². The van der Waals surface area contributed by atoms with E-state index >= 15 is 0 Å². The number of hydrogen-bond acceptors (Lipinski definition) is 5. The van der Waals surface area contributed by atoms with Gasteiger partial charge in [0.25, 0.3) is 5.91 Å². The zero-order valence-corrected chi connectivity index (χ0v) is 17.7. The maximum atomic E-state index is 12.1. The average Bonchev–Trinajstić information content (AvgIpc) is 3.14. The number of fused-ring (bicyclic) bond motifs is 1. The summed E-state index contributed by atoms with van der Waals surface area (Å²) in [6.07, 6.45) is 7.48. The standard InChI is InChI=1S/C23H28N2O3S/c1-2-3-4-5-6-9-16-27-18-12-14-19(15-13-18)28-17-22(26)25-23-24-20-10-7-8-11-21(20)29-23/h7-8,10-15H,2-6,9,16-17H2,1H3,(H,24,25,26). The van der Waals surface area contributed by atoms with Gasteiger partial charge in [0.15, 0.2) is 11.7 Å². The van der Waals surface area contributed by atoms with Gasteiger partial charge in [-0.05, 0) is 42.8 Å². The summed E-state index contributed by atoms with van der Waals surface area (Å²) in [4.78, 5) is 16.5. The van der Waals surface area contributed by atoms with Crippen molar-refractivity contribution in [2.75, 3.05) is 18.5 Å². The van der Waals surface area contributed by atoms with E-state index in [4.69, 9.17) is 9.47 Å². The first-order valence-electron chi connectivity index (χ1n) is 10.3.